The number of benzene rings is 1. The SMILES string of the molecule is CCC(CC)(CC)NS(=O)(=O)c1cccc(C(C)NC)c1. The minimum Gasteiger partial charge on any atom is -0.313 e. The van der Waals surface area contributed by atoms with Crippen molar-refractivity contribution in [2.75, 3.05) is 7.05 Å². The van der Waals surface area contributed by atoms with Gasteiger partial charge in [0.25, 0.3) is 0 Å². The first-order chi connectivity index (χ1) is 9.84. The summed E-state index contributed by atoms with van der Waals surface area (Å²) in [7, 11) is -1.63. The summed E-state index contributed by atoms with van der Waals surface area (Å²) >= 11 is 0. The van der Waals surface area contributed by atoms with Crippen molar-refractivity contribution in [1.82, 2.24) is 10.0 Å². The standard InChI is InChI=1S/C16H28N2O2S/c1-6-16(7-2,8-3)18-21(19,20)15-11-9-10-14(12-15)13(4)17-5/h9-13,17-18H,6-8H2,1-5H3. The van der Waals surface area contributed by atoms with E-state index in [9.17, 15) is 8.42 Å². The predicted molar refractivity (Wildman–Crippen MR) is 87.8 cm³/mol. The molecule has 5 heteroatoms. The molecule has 0 radical (unpaired) electrons. The van der Waals surface area contributed by atoms with Crippen LogP contribution in [0.4, 0.5) is 0 Å². The van der Waals surface area contributed by atoms with Gasteiger partial charge >= 0.3 is 0 Å². The molecule has 1 unspecified atom stereocenters. The number of sulfonamides is 1. The average molecular weight is 312 g/mol. The Morgan fingerprint density at radius 2 is 1.71 bits per heavy atom. The molecule has 1 rings (SSSR count). The molecular weight excluding hydrogens is 284 g/mol. The Hall–Kier alpha value is -0.910. The Bertz CT molecular complexity index is 543. The van der Waals surface area contributed by atoms with Crippen LogP contribution < -0.4 is 10.0 Å². The van der Waals surface area contributed by atoms with Gasteiger partial charge in [0.05, 0.1) is 4.90 Å². The summed E-state index contributed by atoms with van der Waals surface area (Å²) in [5.41, 5.74) is 0.610. The van der Waals surface area contributed by atoms with Crippen molar-refractivity contribution in [1.29, 1.82) is 0 Å². The van der Waals surface area contributed by atoms with Crippen molar-refractivity contribution in [3.8, 4) is 0 Å². The largest absolute Gasteiger partial charge is 0.313 e. The topological polar surface area (TPSA) is 58.2 Å². The number of hydrogen-bond acceptors (Lipinski definition) is 3. The molecule has 0 heterocycles. The van der Waals surface area contributed by atoms with Crippen molar-refractivity contribution in [3.05, 3.63) is 29.8 Å². The van der Waals surface area contributed by atoms with E-state index in [0.717, 1.165) is 24.8 Å². The first kappa shape index (κ1) is 18.1. The average Bonchev–Trinajstić information content (AvgIpc) is 2.52. The highest BCUT2D eigenvalue weighted by Gasteiger charge is 2.30. The molecule has 0 saturated heterocycles. The van der Waals surface area contributed by atoms with Crippen LogP contribution in [0.25, 0.3) is 0 Å². The highest BCUT2D eigenvalue weighted by Crippen LogP contribution is 2.24. The van der Waals surface area contributed by atoms with E-state index >= 15 is 0 Å². The van der Waals surface area contributed by atoms with E-state index in [1.807, 2.05) is 40.8 Å². The number of nitrogens with one attached hydrogen (secondary N) is 2. The minimum atomic E-state index is -3.50. The van der Waals surface area contributed by atoms with Gasteiger partial charge in [0.1, 0.15) is 0 Å². The van der Waals surface area contributed by atoms with E-state index in [1.165, 1.54) is 0 Å². The van der Waals surface area contributed by atoms with Crippen LogP contribution in [0.1, 0.15) is 58.6 Å². The minimum absolute atomic E-state index is 0.119. The molecule has 21 heavy (non-hydrogen) atoms. The molecule has 120 valence electrons. The molecule has 0 aliphatic carbocycles. The van der Waals surface area contributed by atoms with Gasteiger partial charge in [0, 0.05) is 11.6 Å². The van der Waals surface area contributed by atoms with Crippen LogP contribution in [0.5, 0.6) is 0 Å². The quantitative estimate of drug-likeness (QED) is 0.775. The van der Waals surface area contributed by atoms with Crippen LogP contribution in [-0.2, 0) is 10.0 Å². The fourth-order valence-electron chi connectivity index (χ4n) is 2.43. The second-order valence-electron chi connectivity index (χ2n) is 5.53. The van der Waals surface area contributed by atoms with Gasteiger partial charge in [-0.15, -0.1) is 0 Å². The van der Waals surface area contributed by atoms with Crippen molar-refractivity contribution < 1.29 is 8.42 Å². The molecule has 4 nitrogen and oxygen atoms in total. The van der Waals surface area contributed by atoms with Crippen molar-refractivity contribution >= 4 is 10.0 Å². The molecule has 0 amide bonds. The molecular formula is C16H28N2O2S. The molecule has 0 aliphatic heterocycles. The third kappa shape index (κ3) is 4.28. The van der Waals surface area contributed by atoms with Gasteiger partial charge in [-0.3, -0.25) is 0 Å². The van der Waals surface area contributed by atoms with Crippen LogP contribution in [0.15, 0.2) is 29.2 Å². The normalized spacial score (nSPS) is 14.1. The second kappa shape index (κ2) is 7.38. The first-order valence-corrected chi connectivity index (χ1v) is 9.13. The third-order valence-corrected chi connectivity index (χ3v) is 6.06. The highest BCUT2D eigenvalue weighted by atomic mass is 32.2. The van der Waals surface area contributed by atoms with E-state index in [1.54, 1.807) is 18.2 Å². The summed E-state index contributed by atoms with van der Waals surface area (Å²) < 4.78 is 28.2. The van der Waals surface area contributed by atoms with Gasteiger partial charge < -0.3 is 5.32 Å². The summed E-state index contributed by atoms with van der Waals surface area (Å²) in [5, 5.41) is 3.13. The number of rotatable bonds is 8. The Kier molecular flexibility index (Phi) is 6.38. The molecule has 1 aromatic rings. The second-order valence-corrected chi connectivity index (χ2v) is 7.21. The molecule has 1 atom stereocenters. The van der Waals surface area contributed by atoms with Gasteiger partial charge in [-0.05, 0) is 50.9 Å². The monoisotopic (exact) mass is 312 g/mol. The number of hydrogen-bond donors (Lipinski definition) is 2. The molecule has 0 saturated carbocycles. The zero-order chi connectivity index (χ0) is 16.1. The van der Waals surface area contributed by atoms with Crippen LogP contribution in [0, 0.1) is 0 Å². The van der Waals surface area contributed by atoms with Crippen LogP contribution in [-0.4, -0.2) is 21.0 Å². The Labute approximate surface area is 129 Å². The Morgan fingerprint density at radius 3 is 2.19 bits per heavy atom. The maximum atomic E-state index is 12.7. The van der Waals surface area contributed by atoms with E-state index in [0.29, 0.717) is 4.90 Å². The van der Waals surface area contributed by atoms with E-state index < -0.39 is 10.0 Å². The zero-order valence-corrected chi connectivity index (χ0v) is 14.5. The predicted octanol–water partition coefficient (Wildman–Crippen LogP) is 3.21. The maximum Gasteiger partial charge on any atom is 0.241 e. The molecule has 1 aromatic carbocycles. The maximum absolute atomic E-state index is 12.7. The van der Waals surface area contributed by atoms with Crippen LogP contribution in [0.2, 0.25) is 0 Å². The summed E-state index contributed by atoms with van der Waals surface area (Å²) in [4.78, 5) is 0.335. The lowest BCUT2D eigenvalue weighted by Crippen LogP contribution is -2.46. The van der Waals surface area contributed by atoms with Crippen molar-refractivity contribution in [2.24, 2.45) is 0 Å². The van der Waals surface area contributed by atoms with Gasteiger partial charge in [-0.1, -0.05) is 32.9 Å². The van der Waals surface area contributed by atoms with Crippen LogP contribution >= 0.6 is 0 Å². The molecule has 0 spiro atoms. The Morgan fingerprint density at radius 1 is 1.14 bits per heavy atom. The summed E-state index contributed by atoms with van der Waals surface area (Å²) in [6, 6.07) is 7.25. The van der Waals surface area contributed by atoms with Gasteiger partial charge in [-0.25, -0.2) is 13.1 Å². The van der Waals surface area contributed by atoms with Gasteiger partial charge in [-0.2, -0.15) is 0 Å². The summed E-state index contributed by atoms with van der Waals surface area (Å²) in [6.07, 6.45) is 2.35. The molecule has 0 aliphatic rings. The first-order valence-electron chi connectivity index (χ1n) is 7.65. The molecule has 2 N–H and O–H groups in total. The summed E-state index contributed by atoms with van der Waals surface area (Å²) in [5.74, 6) is 0. The van der Waals surface area contributed by atoms with E-state index in [-0.39, 0.29) is 11.6 Å². The Balaban J connectivity index is 3.14. The van der Waals surface area contributed by atoms with Crippen molar-refractivity contribution in [2.45, 2.75) is 63.4 Å². The zero-order valence-electron chi connectivity index (χ0n) is 13.7. The third-order valence-electron chi connectivity index (χ3n) is 4.48. The molecule has 0 aromatic heterocycles. The lowest BCUT2D eigenvalue weighted by atomic mass is 9.91. The summed E-state index contributed by atoms with van der Waals surface area (Å²) in [6.45, 7) is 8.08. The fourth-order valence-corrected chi connectivity index (χ4v) is 4.10. The van der Waals surface area contributed by atoms with Crippen molar-refractivity contribution in [3.63, 3.8) is 0 Å². The lowest BCUT2D eigenvalue weighted by molar-refractivity contribution is 0.341. The van der Waals surface area contributed by atoms with Gasteiger partial charge in [0.2, 0.25) is 10.0 Å². The van der Waals surface area contributed by atoms with E-state index in [2.05, 4.69) is 10.0 Å². The van der Waals surface area contributed by atoms with E-state index in [4.69, 9.17) is 0 Å². The lowest BCUT2D eigenvalue weighted by Gasteiger charge is -2.31. The highest BCUT2D eigenvalue weighted by molar-refractivity contribution is 7.89. The molecule has 0 bridgehead atoms. The fraction of sp³-hybridized carbons (Fsp3) is 0.625. The molecule has 0 fully saturated rings. The van der Waals surface area contributed by atoms with Gasteiger partial charge in [0.15, 0.2) is 0 Å². The van der Waals surface area contributed by atoms with Crippen LogP contribution in [0.3, 0.4) is 0 Å². The smallest absolute Gasteiger partial charge is 0.241 e.